The Labute approximate surface area is 168 Å². The van der Waals surface area contributed by atoms with Crippen molar-refractivity contribution >= 4 is 39.1 Å². The van der Waals surface area contributed by atoms with E-state index in [0.717, 1.165) is 0 Å². The van der Waals surface area contributed by atoms with Crippen molar-refractivity contribution in [2.24, 2.45) is 5.92 Å². The van der Waals surface area contributed by atoms with Gasteiger partial charge < -0.3 is 9.73 Å². The zero-order valence-corrected chi connectivity index (χ0v) is 16.9. The third-order valence-electron chi connectivity index (χ3n) is 4.50. The summed E-state index contributed by atoms with van der Waals surface area (Å²) in [6.45, 7) is 0.873. The van der Waals surface area contributed by atoms with Gasteiger partial charge in [-0.1, -0.05) is 29.3 Å². The predicted octanol–water partition coefficient (Wildman–Crippen LogP) is 3.44. The van der Waals surface area contributed by atoms with Gasteiger partial charge in [-0.3, -0.25) is 4.79 Å². The number of carbonyl (C=O) groups excluding carboxylic acids is 1. The Morgan fingerprint density at radius 3 is 2.78 bits per heavy atom. The lowest BCUT2D eigenvalue weighted by molar-refractivity contribution is -0.126. The Morgan fingerprint density at radius 1 is 1.26 bits per heavy atom. The van der Waals surface area contributed by atoms with Crippen molar-refractivity contribution in [1.82, 2.24) is 9.62 Å². The molecule has 0 unspecified atom stereocenters. The molecule has 2 heterocycles. The molecule has 1 aliphatic rings. The van der Waals surface area contributed by atoms with Crippen LogP contribution in [0.4, 0.5) is 0 Å². The number of piperidine rings is 1. The van der Waals surface area contributed by atoms with Gasteiger partial charge in [-0.2, -0.15) is 0 Å². The fraction of sp³-hybridized carbons (Fsp3) is 0.389. The van der Waals surface area contributed by atoms with Crippen molar-refractivity contribution < 1.29 is 17.6 Å². The molecular weight excluding hydrogens is 411 g/mol. The van der Waals surface area contributed by atoms with Gasteiger partial charge in [0.1, 0.15) is 5.76 Å². The average molecular weight is 431 g/mol. The number of hydrogen-bond acceptors (Lipinski definition) is 4. The number of carbonyl (C=O) groups is 1. The molecule has 0 bridgehead atoms. The van der Waals surface area contributed by atoms with Crippen LogP contribution < -0.4 is 5.32 Å². The molecule has 146 valence electrons. The Bertz CT molecular complexity index is 900. The Morgan fingerprint density at radius 2 is 2.07 bits per heavy atom. The van der Waals surface area contributed by atoms with Crippen molar-refractivity contribution in [3.05, 3.63) is 58.0 Å². The minimum absolute atomic E-state index is 0.166. The summed E-state index contributed by atoms with van der Waals surface area (Å²) in [7, 11) is -3.56. The summed E-state index contributed by atoms with van der Waals surface area (Å²) >= 11 is 11.8. The van der Waals surface area contributed by atoms with E-state index in [9.17, 15) is 13.2 Å². The molecule has 1 aliphatic heterocycles. The molecule has 1 aromatic carbocycles. The Kier molecular flexibility index (Phi) is 6.47. The number of rotatable bonds is 6. The molecule has 0 radical (unpaired) electrons. The van der Waals surface area contributed by atoms with Gasteiger partial charge in [0.25, 0.3) is 0 Å². The third kappa shape index (κ3) is 5.25. The molecule has 1 aromatic heterocycles. The molecule has 0 aliphatic carbocycles. The highest BCUT2D eigenvalue weighted by atomic mass is 35.5. The lowest BCUT2D eigenvalue weighted by Crippen LogP contribution is -2.45. The summed E-state index contributed by atoms with van der Waals surface area (Å²) in [6.07, 6.45) is 2.83. The summed E-state index contributed by atoms with van der Waals surface area (Å²) in [5.41, 5.74) is 0.564. The number of sulfonamides is 1. The molecule has 0 spiro atoms. The van der Waals surface area contributed by atoms with E-state index >= 15 is 0 Å². The average Bonchev–Trinajstić information content (AvgIpc) is 3.16. The monoisotopic (exact) mass is 430 g/mol. The van der Waals surface area contributed by atoms with E-state index in [0.29, 0.717) is 47.3 Å². The third-order valence-corrected chi connectivity index (χ3v) is 7.05. The smallest absolute Gasteiger partial charge is 0.224 e. The summed E-state index contributed by atoms with van der Waals surface area (Å²) < 4.78 is 32.1. The van der Waals surface area contributed by atoms with Gasteiger partial charge in [0.2, 0.25) is 15.9 Å². The zero-order chi connectivity index (χ0) is 19.4. The van der Waals surface area contributed by atoms with E-state index in [1.54, 1.807) is 36.6 Å². The first-order chi connectivity index (χ1) is 12.8. The van der Waals surface area contributed by atoms with Gasteiger partial charge >= 0.3 is 0 Å². The van der Waals surface area contributed by atoms with Crippen LogP contribution >= 0.6 is 23.2 Å². The van der Waals surface area contributed by atoms with Gasteiger partial charge in [0, 0.05) is 13.1 Å². The van der Waals surface area contributed by atoms with Crippen LogP contribution in [0.2, 0.25) is 10.0 Å². The highest BCUT2D eigenvalue weighted by Gasteiger charge is 2.32. The molecule has 1 fully saturated rings. The fourth-order valence-electron chi connectivity index (χ4n) is 3.07. The van der Waals surface area contributed by atoms with Crippen LogP contribution in [0.25, 0.3) is 0 Å². The number of nitrogens with zero attached hydrogens (tertiary/aromatic N) is 1. The van der Waals surface area contributed by atoms with E-state index in [1.807, 2.05) is 0 Å². The SMILES string of the molecule is O=C(NCc1ccco1)[C@@H]1CCCN(S(=O)(=O)Cc2ccc(Cl)c(Cl)c2)C1. The number of amides is 1. The molecule has 0 saturated carbocycles. The minimum atomic E-state index is -3.56. The quantitative estimate of drug-likeness (QED) is 0.760. The van der Waals surface area contributed by atoms with Crippen LogP contribution in [0.3, 0.4) is 0 Å². The first-order valence-electron chi connectivity index (χ1n) is 8.57. The van der Waals surface area contributed by atoms with Crippen molar-refractivity contribution in [3.8, 4) is 0 Å². The lowest BCUT2D eigenvalue weighted by atomic mass is 9.99. The summed E-state index contributed by atoms with van der Waals surface area (Å²) in [6, 6.07) is 8.30. The van der Waals surface area contributed by atoms with Gasteiger partial charge in [0.15, 0.2) is 0 Å². The van der Waals surface area contributed by atoms with E-state index in [2.05, 4.69) is 5.32 Å². The Balaban J connectivity index is 1.61. The number of benzene rings is 1. The van der Waals surface area contributed by atoms with Gasteiger partial charge in [-0.05, 0) is 42.7 Å². The molecule has 3 rings (SSSR count). The molecule has 27 heavy (non-hydrogen) atoms. The highest BCUT2D eigenvalue weighted by molar-refractivity contribution is 7.88. The van der Waals surface area contributed by atoms with Crippen molar-refractivity contribution in [2.75, 3.05) is 13.1 Å². The predicted molar refractivity (Wildman–Crippen MR) is 104 cm³/mol. The lowest BCUT2D eigenvalue weighted by Gasteiger charge is -2.31. The number of furan rings is 1. The van der Waals surface area contributed by atoms with Gasteiger partial charge in [-0.25, -0.2) is 12.7 Å². The topological polar surface area (TPSA) is 79.6 Å². The largest absolute Gasteiger partial charge is 0.467 e. The second-order valence-corrected chi connectivity index (χ2v) is 9.28. The normalized spacial score (nSPS) is 18.4. The van der Waals surface area contributed by atoms with E-state index in [-0.39, 0.29) is 24.1 Å². The highest BCUT2D eigenvalue weighted by Crippen LogP contribution is 2.26. The van der Waals surface area contributed by atoms with E-state index < -0.39 is 10.0 Å². The molecular formula is C18H20Cl2N2O4S. The second kappa shape index (κ2) is 8.65. The fourth-order valence-corrected chi connectivity index (χ4v) is 4.99. The first kappa shape index (κ1) is 20.2. The van der Waals surface area contributed by atoms with Crippen molar-refractivity contribution in [1.29, 1.82) is 0 Å². The molecule has 1 amide bonds. The van der Waals surface area contributed by atoms with E-state index in [1.165, 1.54) is 4.31 Å². The second-order valence-electron chi connectivity index (χ2n) is 6.50. The maximum absolute atomic E-state index is 12.8. The summed E-state index contributed by atoms with van der Waals surface area (Å²) in [4.78, 5) is 12.4. The van der Waals surface area contributed by atoms with Gasteiger partial charge in [0.05, 0.1) is 34.5 Å². The molecule has 1 atom stereocenters. The maximum atomic E-state index is 12.8. The number of halogens is 2. The standard InChI is InChI=1S/C18H20Cl2N2O4S/c19-16-6-5-13(9-17(16)20)12-27(24,25)22-7-1-3-14(11-22)18(23)21-10-15-4-2-8-26-15/h2,4-6,8-9,14H,1,3,7,10-12H2,(H,21,23)/t14-/m1/s1. The molecule has 9 heteroatoms. The summed E-state index contributed by atoms with van der Waals surface area (Å²) in [5.74, 6) is -0.0636. The molecule has 6 nitrogen and oxygen atoms in total. The molecule has 1 saturated heterocycles. The van der Waals surface area contributed by atoms with E-state index in [4.69, 9.17) is 27.6 Å². The number of nitrogens with one attached hydrogen (secondary N) is 1. The van der Waals surface area contributed by atoms with Crippen LogP contribution in [0.5, 0.6) is 0 Å². The first-order valence-corrected chi connectivity index (χ1v) is 10.9. The van der Waals surface area contributed by atoms with Crippen LogP contribution in [0, 0.1) is 5.92 Å². The van der Waals surface area contributed by atoms with Crippen molar-refractivity contribution in [2.45, 2.75) is 25.1 Å². The van der Waals surface area contributed by atoms with Crippen LogP contribution in [0.1, 0.15) is 24.2 Å². The van der Waals surface area contributed by atoms with Crippen LogP contribution in [-0.2, 0) is 27.1 Å². The van der Waals surface area contributed by atoms with Gasteiger partial charge in [-0.15, -0.1) is 0 Å². The van der Waals surface area contributed by atoms with Crippen LogP contribution in [0.15, 0.2) is 41.0 Å². The maximum Gasteiger partial charge on any atom is 0.224 e. The van der Waals surface area contributed by atoms with Crippen LogP contribution in [-0.4, -0.2) is 31.7 Å². The molecule has 1 N–H and O–H groups in total. The van der Waals surface area contributed by atoms with Crippen molar-refractivity contribution in [3.63, 3.8) is 0 Å². The molecule has 2 aromatic rings. The zero-order valence-electron chi connectivity index (χ0n) is 14.5. The number of hydrogen-bond donors (Lipinski definition) is 1. The Hall–Kier alpha value is -1.54. The summed E-state index contributed by atoms with van der Waals surface area (Å²) in [5, 5.41) is 3.50. The minimum Gasteiger partial charge on any atom is -0.467 e.